The molecule has 3 heteroatoms. The summed E-state index contributed by atoms with van der Waals surface area (Å²) in [5, 5.41) is -0.401. The highest BCUT2D eigenvalue weighted by atomic mass is 35.5. The van der Waals surface area contributed by atoms with E-state index in [0.717, 1.165) is 11.3 Å². The second-order valence-electron chi connectivity index (χ2n) is 4.21. The number of carbonyl (C=O) groups is 1. The maximum Gasteiger partial charge on any atom is 0.252 e. The molecule has 0 unspecified atom stereocenters. The second-order valence-corrected chi connectivity index (χ2v) is 4.56. The fourth-order valence-electron chi connectivity index (χ4n) is 2.41. The molecule has 0 spiro atoms. The highest BCUT2D eigenvalue weighted by molar-refractivity contribution is 6.67. The number of hydrogen-bond donors (Lipinski definition) is 0. The van der Waals surface area contributed by atoms with Crippen LogP contribution < -0.4 is 4.74 Å². The van der Waals surface area contributed by atoms with Gasteiger partial charge in [-0.1, -0.05) is 12.8 Å². The lowest BCUT2D eigenvalue weighted by atomic mass is 9.95. The van der Waals surface area contributed by atoms with E-state index in [1.54, 1.807) is 13.2 Å². The molecule has 86 valence electrons. The molecular formula is C13H15ClO2. The number of halogens is 1. The Morgan fingerprint density at radius 1 is 1.38 bits per heavy atom. The number of hydrogen-bond acceptors (Lipinski definition) is 2. The van der Waals surface area contributed by atoms with E-state index in [-0.39, 0.29) is 0 Å². The highest BCUT2D eigenvalue weighted by Gasteiger charge is 2.21. The van der Waals surface area contributed by atoms with Crippen molar-refractivity contribution in [1.29, 1.82) is 0 Å². The van der Waals surface area contributed by atoms with Crippen LogP contribution >= 0.6 is 11.6 Å². The minimum Gasteiger partial charge on any atom is -0.496 e. The normalized spacial score (nSPS) is 16.4. The lowest BCUT2D eigenvalue weighted by Crippen LogP contribution is -2.00. The van der Waals surface area contributed by atoms with E-state index < -0.39 is 5.24 Å². The van der Waals surface area contributed by atoms with Crippen LogP contribution in [0.4, 0.5) is 0 Å². The summed E-state index contributed by atoms with van der Waals surface area (Å²) in [7, 11) is 1.66. The molecule has 0 N–H and O–H groups in total. The molecule has 1 saturated carbocycles. The molecule has 2 rings (SSSR count). The third kappa shape index (κ3) is 2.22. The topological polar surface area (TPSA) is 26.3 Å². The molecule has 1 aliphatic carbocycles. The summed E-state index contributed by atoms with van der Waals surface area (Å²) in [4.78, 5) is 11.1. The molecule has 0 bridgehead atoms. The van der Waals surface area contributed by atoms with E-state index >= 15 is 0 Å². The maximum absolute atomic E-state index is 11.1. The lowest BCUT2D eigenvalue weighted by molar-refractivity contribution is 0.108. The fraction of sp³-hybridized carbons (Fsp3) is 0.462. The molecule has 1 aliphatic rings. The average molecular weight is 239 g/mol. The number of carbonyl (C=O) groups excluding carboxylic acids is 1. The molecule has 0 aromatic heterocycles. The molecule has 0 aliphatic heterocycles. The van der Waals surface area contributed by atoms with Gasteiger partial charge in [0.1, 0.15) is 5.75 Å². The fourth-order valence-corrected chi connectivity index (χ4v) is 2.53. The number of ether oxygens (including phenoxy) is 1. The van der Waals surface area contributed by atoms with E-state index in [2.05, 4.69) is 0 Å². The van der Waals surface area contributed by atoms with Gasteiger partial charge in [-0.25, -0.2) is 0 Å². The molecule has 0 radical (unpaired) electrons. The summed E-state index contributed by atoms with van der Waals surface area (Å²) >= 11 is 5.50. The molecule has 1 fully saturated rings. The van der Waals surface area contributed by atoms with E-state index in [9.17, 15) is 4.79 Å². The van der Waals surface area contributed by atoms with Crippen LogP contribution in [0.15, 0.2) is 18.2 Å². The first-order valence-electron chi connectivity index (χ1n) is 5.60. The van der Waals surface area contributed by atoms with Crippen LogP contribution in [0.25, 0.3) is 0 Å². The molecule has 1 aromatic carbocycles. The summed E-state index contributed by atoms with van der Waals surface area (Å²) in [6.07, 6.45) is 4.87. The molecule has 0 heterocycles. The lowest BCUT2D eigenvalue weighted by Gasteiger charge is -2.14. The smallest absolute Gasteiger partial charge is 0.252 e. The van der Waals surface area contributed by atoms with E-state index in [1.807, 2.05) is 12.1 Å². The Kier molecular flexibility index (Phi) is 3.49. The Bertz CT molecular complexity index is 395. The second kappa shape index (κ2) is 4.88. The minimum atomic E-state index is -0.401. The van der Waals surface area contributed by atoms with Crippen molar-refractivity contribution in [2.75, 3.05) is 7.11 Å². The summed E-state index contributed by atoms with van der Waals surface area (Å²) in [6.45, 7) is 0. The standard InChI is InChI=1S/C13H15ClO2/c1-16-12-7-6-10(13(14)15)8-11(12)9-4-2-3-5-9/h6-9H,2-5H2,1H3. The molecule has 0 saturated heterocycles. The van der Waals surface area contributed by atoms with Gasteiger partial charge in [-0.3, -0.25) is 4.79 Å². The van der Waals surface area contributed by atoms with Crippen molar-refractivity contribution >= 4 is 16.8 Å². The van der Waals surface area contributed by atoms with Crippen molar-refractivity contribution in [3.8, 4) is 5.75 Å². The van der Waals surface area contributed by atoms with E-state index in [1.165, 1.54) is 25.7 Å². The van der Waals surface area contributed by atoms with Gasteiger partial charge in [0.2, 0.25) is 0 Å². The van der Waals surface area contributed by atoms with Gasteiger partial charge in [0, 0.05) is 5.56 Å². The van der Waals surface area contributed by atoms with Gasteiger partial charge < -0.3 is 4.74 Å². The molecule has 16 heavy (non-hydrogen) atoms. The first kappa shape index (κ1) is 11.5. The largest absolute Gasteiger partial charge is 0.496 e. The zero-order valence-electron chi connectivity index (χ0n) is 9.33. The van der Waals surface area contributed by atoms with Crippen LogP contribution in [0.2, 0.25) is 0 Å². The Balaban J connectivity index is 2.38. The van der Waals surface area contributed by atoms with Gasteiger partial charge in [-0.05, 0) is 54.1 Å². The molecule has 2 nitrogen and oxygen atoms in total. The molecule has 0 amide bonds. The van der Waals surface area contributed by atoms with Gasteiger partial charge >= 0.3 is 0 Å². The number of benzene rings is 1. The van der Waals surface area contributed by atoms with Crippen LogP contribution in [-0.4, -0.2) is 12.4 Å². The number of methoxy groups -OCH3 is 1. The van der Waals surface area contributed by atoms with Gasteiger partial charge in [0.15, 0.2) is 0 Å². The van der Waals surface area contributed by atoms with Crippen LogP contribution in [0.1, 0.15) is 47.5 Å². The monoisotopic (exact) mass is 238 g/mol. The Labute approximate surface area is 101 Å². The highest BCUT2D eigenvalue weighted by Crippen LogP contribution is 2.39. The van der Waals surface area contributed by atoms with E-state index in [0.29, 0.717) is 11.5 Å². The van der Waals surface area contributed by atoms with Crippen LogP contribution in [0.5, 0.6) is 5.75 Å². The van der Waals surface area contributed by atoms with Crippen molar-refractivity contribution in [1.82, 2.24) is 0 Å². The van der Waals surface area contributed by atoms with Crippen molar-refractivity contribution < 1.29 is 9.53 Å². The van der Waals surface area contributed by atoms with E-state index in [4.69, 9.17) is 16.3 Å². The van der Waals surface area contributed by atoms with Crippen LogP contribution in [-0.2, 0) is 0 Å². The first-order valence-corrected chi connectivity index (χ1v) is 5.98. The third-order valence-corrected chi connectivity index (χ3v) is 3.47. The Hall–Kier alpha value is -1.02. The molecule has 1 aromatic rings. The SMILES string of the molecule is COc1ccc(C(=O)Cl)cc1C1CCCC1. The Morgan fingerprint density at radius 2 is 2.06 bits per heavy atom. The van der Waals surface area contributed by atoms with Gasteiger partial charge in [-0.2, -0.15) is 0 Å². The molecule has 0 atom stereocenters. The zero-order valence-corrected chi connectivity index (χ0v) is 10.1. The minimum absolute atomic E-state index is 0.401. The van der Waals surface area contributed by atoms with Gasteiger partial charge in [0.25, 0.3) is 5.24 Å². The summed E-state index contributed by atoms with van der Waals surface area (Å²) in [5.41, 5.74) is 1.69. The molecular weight excluding hydrogens is 224 g/mol. The van der Waals surface area contributed by atoms with Crippen molar-refractivity contribution in [2.45, 2.75) is 31.6 Å². The summed E-state index contributed by atoms with van der Waals surface area (Å²) in [6, 6.07) is 5.43. The predicted molar refractivity (Wildman–Crippen MR) is 64.4 cm³/mol. The van der Waals surface area contributed by atoms with Crippen molar-refractivity contribution in [3.63, 3.8) is 0 Å². The van der Waals surface area contributed by atoms with Crippen LogP contribution in [0.3, 0.4) is 0 Å². The van der Waals surface area contributed by atoms with Gasteiger partial charge in [0.05, 0.1) is 7.11 Å². The van der Waals surface area contributed by atoms with Crippen molar-refractivity contribution in [3.05, 3.63) is 29.3 Å². The average Bonchev–Trinajstić information content (AvgIpc) is 2.81. The van der Waals surface area contributed by atoms with Crippen LogP contribution in [0, 0.1) is 0 Å². The summed E-state index contributed by atoms with van der Waals surface area (Å²) < 4.78 is 5.34. The first-order chi connectivity index (χ1) is 7.72. The summed E-state index contributed by atoms with van der Waals surface area (Å²) in [5.74, 6) is 1.39. The third-order valence-electron chi connectivity index (χ3n) is 3.25. The number of rotatable bonds is 3. The van der Waals surface area contributed by atoms with Crippen molar-refractivity contribution in [2.24, 2.45) is 0 Å². The Morgan fingerprint density at radius 3 is 2.62 bits per heavy atom. The quantitative estimate of drug-likeness (QED) is 0.750. The zero-order chi connectivity index (χ0) is 11.5. The maximum atomic E-state index is 11.1. The predicted octanol–water partition coefficient (Wildman–Crippen LogP) is 3.73. The van der Waals surface area contributed by atoms with Gasteiger partial charge in [-0.15, -0.1) is 0 Å².